The van der Waals surface area contributed by atoms with Gasteiger partial charge in [-0.3, -0.25) is 19.4 Å². The van der Waals surface area contributed by atoms with E-state index in [-0.39, 0.29) is 66.2 Å². The highest BCUT2D eigenvalue weighted by Gasteiger charge is 2.36. The number of hydrogen-bond donors (Lipinski definition) is 3. The minimum absolute atomic E-state index is 0.0513. The number of phenols is 2. The normalized spacial score (nSPS) is 18.9. The molecular formula is C54H59ClN12O6. The van der Waals surface area contributed by atoms with E-state index in [1.807, 2.05) is 47.4 Å². The largest absolute Gasteiger partial charge is 0.508 e. The van der Waals surface area contributed by atoms with Gasteiger partial charge in [0.15, 0.2) is 5.82 Å². The van der Waals surface area contributed by atoms with Crippen LogP contribution < -0.4 is 20.2 Å². The molecule has 4 aromatic carbocycles. The van der Waals surface area contributed by atoms with Gasteiger partial charge in [0.2, 0.25) is 11.8 Å². The number of piperazine rings is 2. The number of rotatable bonds is 12. The fourth-order valence-corrected chi connectivity index (χ4v) is 11.2. The Morgan fingerprint density at radius 1 is 0.932 bits per heavy atom. The van der Waals surface area contributed by atoms with Gasteiger partial charge < -0.3 is 34.5 Å². The summed E-state index contributed by atoms with van der Waals surface area (Å²) in [5.41, 5.74) is 4.94. The number of aryl methyl sites for hydroxylation is 1. The Labute approximate surface area is 428 Å². The number of fused-ring (bicyclic) bond motifs is 2. The summed E-state index contributed by atoms with van der Waals surface area (Å²) in [6.45, 7) is 12.3. The van der Waals surface area contributed by atoms with Gasteiger partial charge in [0, 0.05) is 81.0 Å². The van der Waals surface area contributed by atoms with Crippen molar-refractivity contribution in [1.29, 1.82) is 5.26 Å². The van der Waals surface area contributed by atoms with Crippen molar-refractivity contribution in [2.45, 2.75) is 57.8 Å². The first-order valence-electron chi connectivity index (χ1n) is 24.9. The zero-order valence-corrected chi connectivity index (χ0v) is 41.8. The lowest BCUT2D eigenvalue weighted by Crippen LogP contribution is -2.57. The van der Waals surface area contributed by atoms with Crippen LogP contribution in [0.4, 0.5) is 11.5 Å². The quantitative estimate of drug-likeness (QED) is 0.127. The number of hydrogen-bond acceptors (Lipinski definition) is 14. The van der Waals surface area contributed by atoms with Crippen LogP contribution in [-0.4, -0.2) is 151 Å². The number of nitrogens with zero attached hydrogens (tertiary/aromatic N) is 11. The van der Waals surface area contributed by atoms with Gasteiger partial charge in [0.1, 0.15) is 23.9 Å². The second-order valence-corrected chi connectivity index (χ2v) is 19.9. The molecule has 4 aliphatic heterocycles. The third kappa shape index (κ3) is 10.0. The smallest absolute Gasteiger partial charge is 0.348 e. The third-order valence-corrected chi connectivity index (χ3v) is 15.3. The summed E-state index contributed by atoms with van der Waals surface area (Å²) in [5, 5.41) is 39.7. The average Bonchev–Trinajstić information content (AvgIpc) is 3.79. The van der Waals surface area contributed by atoms with Gasteiger partial charge in [-0.15, -0.1) is 0 Å². The SMILES string of the molecule is C=CC(=O)N1CCN(c2nc(OCC3CN(C(=O)C4CCN(Cc5ccc(-n6c(-c7cc(C)c(O)cc7O)n[nH]c6=O)cc5)CC4)CCN3C)nc3c2CCN(c2cccc4cccc(Cl)c24)C3)CC1CC#N. The van der Waals surface area contributed by atoms with Crippen LogP contribution in [0.25, 0.3) is 27.8 Å². The zero-order chi connectivity index (χ0) is 50.9. The molecule has 6 aromatic rings. The minimum Gasteiger partial charge on any atom is -0.508 e. The Hall–Kier alpha value is -7.46. The molecule has 2 amide bonds. The number of carbonyl (C=O) groups excluding carboxylic acids is 2. The molecule has 378 valence electrons. The Balaban J connectivity index is 0.796. The molecule has 2 unspecified atom stereocenters. The Morgan fingerprint density at radius 2 is 1.71 bits per heavy atom. The molecule has 19 heteroatoms. The molecular weight excluding hydrogens is 948 g/mol. The number of piperidine rings is 1. The Bertz CT molecular complexity index is 3160. The van der Waals surface area contributed by atoms with Gasteiger partial charge >= 0.3 is 11.7 Å². The molecule has 0 aliphatic carbocycles. The molecule has 4 aliphatic rings. The fourth-order valence-electron chi connectivity index (χ4n) is 10.9. The highest BCUT2D eigenvalue weighted by Crippen LogP contribution is 2.38. The van der Waals surface area contributed by atoms with Crippen molar-refractivity contribution in [3.05, 3.63) is 123 Å². The van der Waals surface area contributed by atoms with E-state index in [4.69, 9.17) is 26.3 Å². The molecule has 3 fully saturated rings. The number of nitrogens with one attached hydrogen (secondary N) is 1. The van der Waals surface area contributed by atoms with Crippen LogP contribution in [-0.2, 0) is 29.1 Å². The van der Waals surface area contributed by atoms with E-state index < -0.39 is 5.69 Å². The Morgan fingerprint density at radius 3 is 2.48 bits per heavy atom. The molecule has 0 saturated carbocycles. The number of likely N-dealkylation sites (N-methyl/N-ethyl adjacent to an activating group) is 1. The number of carbonyl (C=O) groups is 2. The van der Waals surface area contributed by atoms with E-state index in [1.165, 1.54) is 16.7 Å². The lowest BCUT2D eigenvalue weighted by Gasteiger charge is -2.42. The molecule has 2 aromatic heterocycles. The summed E-state index contributed by atoms with van der Waals surface area (Å²) >= 11 is 6.81. The molecule has 73 heavy (non-hydrogen) atoms. The van der Waals surface area contributed by atoms with E-state index >= 15 is 0 Å². The summed E-state index contributed by atoms with van der Waals surface area (Å²) < 4.78 is 7.96. The molecule has 0 radical (unpaired) electrons. The summed E-state index contributed by atoms with van der Waals surface area (Å²) in [6, 6.07) is 24.7. The zero-order valence-electron chi connectivity index (χ0n) is 41.1. The van der Waals surface area contributed by atoms with Crippen molar-refractivity contribution in [1.82, 2.24) is 44.3 Å². The maximum atomic E-state index is 14.2. The van der Waals surface area contributed by atoms with Crippen molar-refractivity contribution >= 4 is 45.7 Å². The summed E-state index contributed by atoms with van der Waals surface area (Å²) in [5.74, 6) is 0.632. The number of benzene rings is 4. The van der Waals surface area contributed by atoms with Crippen molar-refractivity contribution < 1.29 is 24.5 Å². The van der Waals surface area contributed by atoms with Crippen LogP contribution in [0, 0.1) is 24.2 Å². The van der Waals surface area contributed by atoms with Crippen molar-refractivity contribution in [2.75, 3.05) is 82.4 Å². The van der Waals surface area contributed by atoms with Gasteiger partial charge in [0.25, 0.3) is 0 Å². The molecule has 3 N–H and O–H groups in total. The predicted molar refractivity (Wildman–Crippen MR) is 278 cm³/mol. The number of anilines is 2. The number of ether oxygens (including phenoxy) is 1. The van der Waals surface area contributed by atoms with Crippen LogP contribution in [0.2, 0.25) is 5.02 Å². The van der Waals surface area contributed by atoms with E-state index in [9.17, 15) is 29.9 Å². The first-order valence-corrected chi connectivity index (χ1v) is 25.3. The third-order valence-electron chi connectivity index (χ3n) is 15.0. The second-order valence-electron chi connectivity index (χ2n) is 19.5. The maximum Gasteiger partial charge on any atom is 0.348 e. The van der Waals surface area contributed by atoms with Crippen LogP contribution in [0.1, 0.15) is 41.6 Å². The number of aromatic nitrogens is 5. The molecule has 6 heterocycles. The number of H-pyrrole nitrogens is 1. The number of phenolic OH excluding ortho intramolecular Hbond substituents is 2. The van der Waals surface area contributed by atoms with Crippen LogP contribution in [0.15, 0.2) is 90.2 Å². The highest BCUT2D eigenvalue weighted by molar-refractivity contribution is 6.36. The summed E-state index contributed by atoms with van der Waals surface area (Å²) in [7, 11) is 2.06. The number of nitriles is 1. The van der Waals surface area contributed by atoms with Gasteiger partial charge in [-0.25, -0.2) is 14.5 Å². The maximum absolute atomic E-state index is 14.2. The van der Waals surface area contributed by atoms with Crippen molar-refractivity contribution in [3.8, 4) is 40.7 Å². The molecule has 3 saturated heterocycles. The standard InChI is InChI=1S/C54H59ClN12O6/c1-4-48(70)66-26-25-64(30-39(66)15-19-56)50-41-18-22-63(45-10-6-8-36-7-5-9-43(55)49(36)45)32-44(41)57-53(58-50)73-33-40-31-65(24-23-61(40)3)52(71)37-16-20-62(21-17-37)29-35-11-13-38(14-12-35)67-51(59-60-54(67)72)42-27-34(2)46(68)28-47(42)69/h4-14,27-28,37,39-40,68-69H,1,15-18,20-26,29-33H2,2-3H3,(H,60,72). The van der Waals surface area contributed by atoms with Gasteiger partial charge in [-0.1, -0.05) is 54.6 Å². The highest BCUT2D eigenvalue weighted by atomic mass is 35.5. The number of likely N-dealkylation sites (tertiary alicyclic amines) is 1. The van der Waals surface area contributed by atoms with Gasteiger partial charge in [-0.2, -0.15) is 20.3 Å². The average molecular weight is 1010 g/mol. The number of halogens is 1. The monoisotopic (exact) mass is 1010 g/mol. The fraction of sp³-hybridized carbons (Fsp3) is 0.389. The van der Waals surface area contributed by atoms with E-state index in [1.54, 1.807) is 17.9 Å². The first-order chi connectivity index (χ1) is 35.4. The molecule has 0 bridgehead atoms. The van der Waals surface area contributed by atoms with Crippen LogP contribution >= 0.6 is 11.6 Å². The molecule has 18 nitrogen and oxygen atoms in total. The van der Waals surface area contributed by atoms with Gasteiger partial charge in [-0.05, 0) is 99.2 Å². The summed E-state index contributed by atoms with van der Waals surface area (Å²) in [4.78, 5) is 62.8. The van der Waals surface area contributed by atoms with Gasteiger partial charge in [0.05, 0.1) is 53.1 Å². The minimum atomic E-state index is -0.453. The topological polar surface area (TPSA) is 204 Å². The van der Waals surface area contributed by atoms with E-state index in [2.05, 4.69) is 67.7 Å². The molecule has 2 atom stereocenters. The van der Waals surface area contributed by atoms with Crippen molar-refractivity contribution in [3.63, 3.8) is 0 Å². The number of aromatic amines is 1. The first kappa shape index (κ1) is 49.1. The van der Waals surface area contributed by atoms with Crippen molar-refractivity contribution in [2.24, 2.45) is 5.92 Å². The Kier molecular flexibility index (Phi) is 14.1. The lowest BCUT2D eigenvalue weighted by molar-refractivity contribution is -0.140. The van der Waals surface area contributed by atoms with Crippen LogP contribution in [0.5, 0.6) is 17.5 Å². The number of amides is 2. The van der Waals surface area contributed by atoms with E-state index in [0.717, 1.165) is 65.0 Å². The number of aromatic hydroxyl groups is 2. The lowest BCUT2D eigenvalue weighted by atomic mass is 9.94. The van der Waals surface area contributed by atoms with Crippen LogP contribution in [0.3, 0.4) is 0 Å². The predicted octanol–water partition coefficient (Wildman–Crippen LogP) is 5.66. The molecule has 10 rings (SSSR count). The molecule has 0 spiro atoms. The van der Waals surface area contributed by atoms with E-state index in [0.29, 0.717) is 87.2 Å². The summed E-state index contributed by atoms with van der Waals surface area (Å²) in [6.07, 6.45) is 3.64. The second kappa shape index (κ2) is 20.9.